The molecule has 0 N–H and O–H groups in total. The van der Waals surface area contributed by atoms with E-state index >= 15 is 0 Å². The third-order valence-corrected chi connectivity index (χ3v) is 5.91. The maximum absolute atomic E-state index is 4.97. The van der Waals surface area contributed by atoms with Gasteiger partial charge in [0.05, 0.1) is 11.2 Å². The molecule has 0 saturated carbocycles. The Morgan fingerprint density at radius 3 is 1.64 bits per heavy atom. The number of rotatable bonds is 7. The Labute approximate surface area is 213 Å². The van der Waals surface area contributed by atoms with Crippen LogP contribution in [0.25, 0.3) is 46.3 Å². The van der Waals surface area contributed by atoms with Crippen molar-refractivity contribution in [3.8, 4) is 11.1 Å². The van der Waals surface area contributed by atoms with E-state index in [-0.39, 0.29) is 0 Å². The fraction of sp³-hybridized carbons (Fsp3) is 0. The zero-order valence-electron chi connectivity index (χ0n) is 20.0. The van der Waals surface area contributed by atoms with E-state index in [0.717, 1.165) is 22.2 Å². The average Bonchev–Trinajstić information content (AvgIpc) is 2.94. The van der Waals surface area contributed by atoms with Gasteiger partial charge in [-0.2, -0.15) is 0 Å². The van der Waals surface area contributed by atoms with Crippen LogP contribution >= 0.6 is 0 Å². The summed E-state index contributed by atoms with van der Waals surface area (Å²) >= 11 is 0. The number of fused-ring (bicyclic) bond motifs is 1. The van der Waals surface area contributed by atoms with E-state index in [9.17, 15) is 0 Å². The molecule has 0 amide bonds. The fourth-order valence-electron chi connectivity index (χ4n) is 4.09. The SMILES string of the molecule is C(/C=C/c1cc(/C=C/C=C/c2ccccc2)c2ccc(-c3ccccc3)cc2n1)=C\c1ccccc1. The van der Waals surface area contributed by atoms with E-state index in [2.05, 4.69) is 127 Å². The maximum Gasteiger partial charge on any atom is 0.0721 e. The minimum absolute atomic E-state index is 0.928. The van der Waals surface area contributed by atoms with Crippen LogP contribution in [0.1, 0.15) is 22.4 Å². The number of aromatic nitrogens is 1. The summed E-state index contributed by atoms with van der Waals surface area (Å²) in [5.41, 5.74) is 7.77. The summed E-state index contributed by atoms with van der Waals surface area (Å²) in [6.45, 7) is 0. The number of allylic oxidation sites excluding steroid dienone is 4. The molecule has 1 aromatic heterocycles. The van der Waals surface area contributed by atoms with Gasteiger partial charge in [-0.15, -0.1) is 0 Å². The molecule has 1 heteroatoms. The van der Waals surface area contributed by atoms with Crippen molar-refractivity contribution >= 4 is 35.2 Å². The molecule has 0 spiro atoms. The monoisotopic (exact) mass is 461 g/mol. The molecule has 0 aliphatic heterocycles. The van der Waals surface area contributed by atoms with Crippen LogP contribution in [0, 0.1) is 0 Å². The van der Waals surface area contributed by atoms with Crippen LogP contribution in [0.15, 0.2) is 140 Å². The van der Waals surface area contributed by atoms with Crippen molar-refractivity contribution in [1.29, 1.82) is 0 Å². The van der Waals surface area contributed by atoms with Crippen LogP contribution in [0.5, 0.6) is 0 Å². The summed E-state index contributed by atoms with van der Waals surface area (Å²) in [4.78, 5) is 4.97. The highest BCUT2D eigenvalue weighted by molar-refractivity contribution is 5.92. The van der Waals surface area contributed by atoms with E-state index in [1.807, 2.05) is 36.4 Å². The van der Waals surface area contributed by atoms with Crippen molar-refractivity contribution in [2.24, 2.45) is 0 Å². The normalized spacial score (nSPS) is 12.0. The molecule has 0 unspecified atom stereocenters. The van der Waals surface area contributed by atoms with E-state index in [0.29, 0.717) is 0 Å². The van der Waals surface area contributed by atoms with Gasteiger partial charge in [-0.25, -0.2) is 4.98 Å². The highest BCUT2D eigenvalue weighted by atomic mass is 14.7. The van der Waals surface area contributed by atoms with E-state index < -0.39 is 0 Å². The highest BCUT2D eigenvalue weighted by Crippen LogP contribution is 2.27. The summed E-state index contributed by atoms with van der Waals surface area (Å²) in [6, 6.07) is 39.8. The molecule has 0 fully saturated rings. The molecule has 0 bridgehead atoms. The standard InChI is InChI=1S/C35H27N/c1-4-14-28(15-5-1)18-10-12-22-32-26-33(23-13-11-19-29-16-6-2-7-17-29)36-35-27-31(24-25-34(32)35)30-20-8-3-9-21-30/h1-27H/b18-10+,19-11+,22-12+,23-13+. The van der Waals surface area contributed by atoms with Crippen LogP contribution in [0.4, 0.5) is 0 Å². The molecule has 0 radical (unpaired) electrons. The summed E-state index contributed by atoms with van der Waals surface area (Å²) in [7, 11) is 0. The van der Waals surface area contributed by atoms with Crippen molar-refractivity contribution in [3.63, 3.8) is 0 Å². The number of hydrogen-bond acceptors (Lipinski definition) is 1. The number of pyridine rings is 1. The molecule has 172 valence electrons. The Hall–Kier alpha value is -4.75. The van der Waals surface area contributed by atoms with Crippen LogP contribution in [0.3, 0.4) is 0 Å². The second-order valence-electron chi connectivity index (χ2n) is 8.49. The zero-order valence-corrected chi connectivity index (χ0v) is 20.0. The topological polar surface area (TPSA) is 12.9 Å². The zero-order chi connectivity index (χ0) is 24.4. The predicted molar refractivity (Wildman–Crippen MR) is 156 cm³/mol. The van der Waals surface area contributed by atoms with Gasteiger partial charge in [0.15, 0.2) is 0 Å². The Kier molecular flexibility index (Phi) is 7.41. The third-order valence-electron chi connectivity index (χ3n) is 5.91. The molecule has 1 nitrogen and oxygen atoms in total. The summed E-state index contributed by atoms with van der Waals surface area (Å²) in [6.07, 6.45) is 16.7. The molecule has 0 aliphatic carbocycles. The number of nitrogens with zero attached hydrogens (tertiary/aromatic N) is 1. The minimum Gasteiger partial charge on any atom is -0.248 e. The average molecular weight is 462 g/mol. The summed E-state index contributed by atoms with van der Waals surface area (Å²) in [5, 5.41) is 1.14. The van der Waals surface area contributed by atoms with Crippen LogP contribution in [0.2, 0.25) is 0 Å². The van der Waals surface area contributed by atoms with Crippen molar-refractivity contribution in [2.45, 2.75) is 0 Å². The van der Waals surface area contributed by atoms with Gasteiger partial charge in [0.25, 0.3) is 0 Å². The second-order valence-corrected chi connectivity index (χ2v) is 8.49. The number of hydrogen-bond donors (Lipinski definition) is 0. The molecule has 5 rings (SSSR count). The molecule has 0 atom stereocenters. The molecular weight excluding hydrogens is 434 g/mol. The third kappa shape index (κ3) is 6.02. The molecule has 4 aromatic carbocycles. The summed E-state index contributed by atoms with van der Waals surface area (Å²) < 4.78 is 0. The van der Waals surface area contributed by atoms with Gasteiger partial charge in [-0.3, -0.25) is 0 Å². The predicted octanol–water partition coefficient (Wildman–Crippen LogP) is 9.35. The van der Waals surface area contributed by atoms with Crippen molar-refractivity contribution in [3.05, 3.63) is 162 Å². The maximum atomic E-state index is 4.97. The van der Waals surface area contributed by atoms with Gasteiger partial charge >= 0.3 is 0 Å². The van der Waals surface area contributed by atoms with E-state index in [4.69, 9.17) is 4.98 Å². The summed E-state index contributed by atoms with van der Waals surface area (Å²) in [5.74, 6) is 0. The first kappa shape index (κ1) is 23.0. The lowest BCUT2D eigenvalue weighted by atomic mass is 10.0. The largest absolute Gasteiger partial charge is 0.248 e. The first-order chi connectivity index (χ1) is 17.8. The van der Waals surface area contributed by atoms with Crippen LogP contribution < -0.4 is 0 Å². The van der Waals surface area contributed by atoms with Crippen LogP contribution in [-0.4, -0.2) is 4.98 Å². The lowest BCUT2D eigenvalue weighted by Crippen LogP contribution is -1.89. The molecule has 36 heavy (non-hydrogen) atoms. The Balaban J connectivity index is 1.48. The van der Waals surface area contributed by atoms with Gasteiger partial charge in [-0.1, -0.05) is 146 Å². The molecule has 0 aliphatic rings. The lowest BCUT2D eigenvalue weighted by molar-refractivity contribution is 1.36. The minimum atomic E-state index is 0.928. The highest BCUT2D eigenvalue weighted by Gasteiger charge is 2.05. The first-order valence-corrected chi connectivity index (χ1v) is 12.1. The Morgan fingerprint density at radius 1 is 0.444 bits per heavy atom. The quantitative estimate of drug-likeness (QED) is 0.220. The Morgan fingerprint density at radius 2 is 1.00 bits per heavy atom. The molecular formula is C35H27N. The van der Waals surface area contributed by atoms with Crippen molar-refractivity contribution in [2.75, 3.05) is 0 Å². The van der Waals surface area contributed by atoms with Gasteiger partial charge in [0, 0.05) is 5.39 Å². The first-order valence-electron chi connectivity index (χ1n) is 12.1. The van der Waals surface area contributed by atoms with Gasteiger partial charge in [0.2, 0.25) is 0 Å². The molecule has 5 aromatic rings. The fourth-order valence-corrected chi connectivity index (χ4v) is 4.09. The molecule has 0 saturated heterocycles. The lowest BCUT2D eigenvalue weighted by Gasteiger charge is -2.08. The smallest absolute Gasteiger partial charge is 0.0721 e. The molecule has 1 heterocycles. The van der Waals surface area contributed by atoms with E-state index in [1.165, 1.54) is 22.3 Å². The van der Waals surface area contributed by atoms with Crippen molar-refractivity contribution in [1.82, 2.24) is 4.98 Å². The van der Waals surface area contributed by atoms with Gasteiger partial charge in [0.1, 0.15) is 0 Å². The van der Waals surface area contributed by atoms with E-state index in [1.54, 1.807) is 0 Å². The van der Waals surface area contributed by atoms with Crippen LogP contribution in [-0.2, 0) is 0 Å². The van der Waals surface area contributed by atoms with Crippen molar-refractivity contribution < 1.29 is 0 Å². The second kappa shape index (κ2) is 11.6. The Bertz CT molecular complexity index is 1540. The van der Waals surface area contributed by atoms with Gasteiger partial charge < -0.3 is 0 Å². The number of benzene rings is 4. The van der Waals surface area contributed by atoms with Gasteiger partial charge in [-0.05, 0) is 46.0 Å².